The van der Waals surface area contributed by atoms with Crippen molar-refractivity contribution in [2.45, 2.75) is 6.92 Å². The van der Waals surface area contributed by atoms with Crippen molar-refractivity contribution in [3.8, 4) is 5.75 Å². The molecular formula is C10H10FNO3. The van der Waals surface area contributed by atoms with Crippen LogP contribution >= 0.6 is 0 Å². The molecule has 0 aliphatic heterocycles. The highest BCUT2D eigenvalue weighted by Crippen LogP contribution is 2.25. The molecule has 0 spiro atoms. The van der Waals surface area contributed by atoms with Gasteiger partial charge < -0.3 is 10.1 Å². The van der Waals surface area contributed by atoms with Gasteiger partial charge in [-0.3, -0.25) is 9.59 Å². The molecular weight excluding hydrogens is 201 g/mol. The molecule has 5 heteroatoms. The quantitative estimate of drug-likeness (QED) is 0.772. The first-order chi connectivity index (χ1) is 7.10. The molecule has 0 fully saturated rings. The lowest BCUT2D eigenvalue weighted by molar-refractivity contribution is -0.114. The highest BCUT2D eigenvalue weighted by molar-refractivity contribution is 5.95. The second kappa shape index (κ2) is 4.54. The first kappa shape index (κ1) is 11.2. The van der Waals surface area contributed by atoms with Crippen molar-refractivity contribution in [1.29, 1.82) is 0 Å². The molecule has 1 N–H and O–H groups in total. The van der Waals surface area contributed by atoms with Crippen molar-refractivity contribution < 1.29 is 18.7 Å². The van der Waals surface area contributed by atoms with Gasteiger partial charge in [0.05, 0.1) is 18.4 Å². The summed E-state index contributed by atoms with van der Waals surface area (Å²) in [6.45, 7) is 1.27. The standard InChI is InChI=1S/C10H10FNO3/c1-6(14)12-8-3-4-9(15-2)10(11)7(8)5-13/h3-5H,1-2H3,(H,12,14). The molecule has 0 bridgehead atoms. The fraction of sp³-hybridized carbons (Fsp3) is 0.200. The molecule has 1 aromatic rings. The number of nitrogens with one attached hydrogen (secondary N) is 1. The molecule has 1 aromatic carbocycles. The highest BCUT2D eigenvalue weighted by Gasteiger charge is 2.13. The maximum atomic E-state index is 13.5. The molecule has 0 saturated carbocycles. The number of methoxy groups -OCH3 is 1. The Hall–Kier alpha value is -1.91. The Bertz CT molecular complexity index is 404. The normalized spacial score (nSPS) is 9.53. The number of hydrogen-bond donors (Lipinski definition) is 1. The Morgan fingerprint density at radius 2 is 2.20 bits per heavy atom. The Morgan fingerprint density at radius 1 is 1.53 bits per heavy atom. The average molecular weight is 211 g/mol. The molecule has 80 valence electrons. The number of benzene rings is 1. The van der Waals surface area contributed by atoms with Gasteiger partial charge in [0.25, 0.3) is 0 Å². The maximum absolute atomic E-state index is 13.5. The van der Waals surface area contributed by atoms with Crippen LogP contribution in [0.3, 0.4) is 0 Å². The van der Waals surface area contributed by atoms with Crippen molar-refractivity contribution >= 4 is 17.9 Å². The van der Waals surface area contributed by atoms with Crippen LogP contribution in [0.15, 0.2) is 12.1 Å². The van der Waals surface area contributed by atoms with Gasteiger partial charge in [-0.05, 0) is 12.1 Å². The topological polar surface area (TPSA) is 55.4 Å². The van der Waals surface area contributed by atoms with Crippen LogP contribution in [0.2, 0.25) is 0 Å². The molecule has 0 aliphatic carbocycles. The second-order valence-corrected chi connectivity index (χ2v) is 2.84. The fourth-order valence-electron chi connectivity index (χ4n) is 1.14. The van der Waals surface area contributed by atoms with E-state index in [2.05, 4.69) is 5.32 Å². The third-order valence-electron chi connectivity index (χ3n) is 1.79. The van der Waals surface area contributed by atoms with E-state index in [1.165, 1.54) is 26.2 Å². The molecule has 4 nitrogen and oxygen atoms in total. The number of ether oxygens (including phenoxy) is 1. The Balaban J connectivity index is 3.24. The average Bonchev–Trinajstić information content (AvgIpc) is 2.18. The van der Waals surface area contributed by atoms with Gasteiger partial charge in [-0.15, -0.1) is 0 Å². The van der Waals surface area contributed by atoms with E-state index >= 15 is 0 Å². The minimum atomic E-state index is -0.779. The Morgan fingerprint density at radius 3 is 2.67 bits per heavy atom. The van der Waals surface area contributed by atoms with E-state index in [1.54, 1.807) is 0 Å². The lowest BCUT2D eigenvalue weighted by atomic mass is 10.1. The number of carbonyl (C=O) groups excluding carboxylic acids is 2. The van der Waals surface area contributed by atoms with Crippen LogP contribution in [-0.2, 0) is 4.79 Å². The summed E-state index contributed by atoms with van der Waals surface area (Å²) in [5.41, 5.74) is -0.0830. The smallest absolute Gasteiger partial charge is 0.221 e. The van der Waals surface area contributed by atoms with Crippen LogP contribution in [0.5, 0.6) is 5.75 Å². The SMILES string of the molecule is COc1ccc(NC(C)=O)c(C=O)c1F. The second-order valence-electron chi connectivity index (χ2n) is 2.84. The summed E-state index contributed by atoms with van der Waals surface area (Å²) in [6.07, 6.45) is 0.336. The van der Waals surface area contributed by atoms with Crippen molar-refractivity contribution in [3.63, 3.8) is 0 Å². The fourth-order valence-corrected chi connectivity index (χ4v) is 1.14. The van der Waals surface area contributed by atoms with Gasteiger partial charge in [0.15, 0.2) is 17.9 Å². The Labute approximate surface area is 86.0 Å². The maximum Gasteiger partial charge on any atom is 0.221 e. The zero-order chi connectivity index (χ0) is 11.4. The largest absolute Gasteiger partial charge is 0.494 e. The zero-order valence-corrected chi connectivity index (χ0v) is 8.33. The molecule has 0 radical (unpaired) electrons. The number of amides is 1. The van der Waals surface area contributed by atoms with E-state index in [-0.39, 0.29) is 22.9 Å². The first-order valence-electron chi connectivity index (χ1n) is 4.19. The van der Waals surface area contributed by atoms with E-state index in [0.29, 0.717) is 6.29 Å². The third-order valence-corrected chi connectivity index (χ3v) is 1.79. The van der Waals surface area contributed by atoms with Gasteiger partial charge in [0.1, 0.15) is 0 Å². The molecule has 0 aromatic heterocycles. The van der Waals surface area contributed by atoms with Gasteiger partial charge in [-0.2, -0.15) is 0 Å². The van der Waals surface area contributed by atoms with E-state index in [4.69, 9.17) is 4.74 Å². The van der Waals surface area contributed by atoms with E-state index in [1.807, 2.05) is 0 Å². The van der Waals surface area contributed by atoms with Gasteiger partial charge in [-0.25, -0.2) is 4.39 Å². The van der Waals surface area contributed by atoms with Crippen LogP contribution in [0, 0.1) is 5.82 Å². The van der Waals surface area contributed by atoms with Crippen LogP contribution in [0.4, 0.5) is 10.1 Å². The number of rotatable bonds is 3. The predicted octanol–water partition coefficient (Wildman–Crippen LogP) is 1.61. The van der Waals surface area contributed by atoms with Crippen LogP contribution in [-0.4, -0.2) is 19.3 Å². The van der Waals surface area contributed by atoms with Gasteiger partial charge in [0.2, 0.25) is 5.91 Å². The lowest BCUT2D eigenvalue weighted by Gasteiger charge is -2.09. The number of hydrogen-bond acceptors (Lipinski definition) is 3. The summed E-state index contributed by atoms with van der Waals surface area (Å²) in [4.78, 5) is 21.4. The number of anilines is 1. The van der Waals surface area contributed by atoms with Crippen LogP contribution in [0.25, 0.3) is 0 Å². The van der Waals surface area contributed by atoms with E-state index in [0.717, 1.165) is 0 Å². The van der Waals surface area contributed by atoms with Crippen LogP contribution < -0.4 is 10.1 Å². The van der Waals surface area contributed by atoms with Crippen LogP contribution in [0.1, 0.15) is 17.3 Å². The third kappa shape index (κ3) is 2.31. The van der Waals surface area contributed by atoms with Crippen molar-refractivity contribution in [2.24, 2.45) is 0 Å². The molecule has 1 amide bonds. The number of carbonyl (C=O) groups is 2. The molecule has 0 heterocycles. The minimum absolute atomic E-state index is 0.0359. The molecule has 0 saturated heterocycles. The zero-order valence-electron chi connectivity index (χ0n) is 8.33. The minimum Gasteiger partial charge on any atom is -0.494 e. The molecule has 1 rings (SSSR count). The summed E-state index contributed by atoms with van der Waals surface area (Å²) >= 11 is 0. The molecule has 0 atom stereocenters. The summed E-state index contributed by atoms with van der Waals surface area (Å²) in [6, 6.07) is 2.75. The lowest BCUT2D eigenvalue weighted by Crippen LogP contribution is -2.09. The summed E-state index contributed by atoms with van der Waals surface area (Å²) in [5, 5.41) is 2.35. The summed E-state index contributed by atoms with van der Waals surface area (Å²) in [5.74, 6) is -1.19. The Kier molecular flexibility index (Phi) is 3.38. The van der Waals surface area contributed by atoms with Gasteiger partial charge in [0, 0.05) is 6.92 Å². The molecule has 0 unspecified atom stereocenters. The monoisotopic (exact) mass is 211 g/mol. The number of aldehydes is 1. The van der Waals surface area contributed by atoms with Crippen molar-refractivity contribution in [1.82, 2.24) is 0 Å². The summed E-state index contributed by atoms with van der Waals surface area (Å²) < 4.78 is 18.2. The first-order valence-corrected chi connectivity index (χ1v) is 4.19. The molecule has 0 aliphatic rings. The molecule has 15 heavy (non-hydrogen) atoms. The van der Waals surface area contributed by atoms with Gasteiger partial charge in [-0.1, -0.05) is 0 Å². The highest BCUT2D eigenvalue weighted by atomic mass is 19.1. The predicted molar refractivity (Wildman–Crippen MR) is 52.6 cm³/mol. The van der Waals surface area contributed by atoms with E-state index in [9.17, 15) is 14.0 Å². The van der Waals surface area contributed by atoms with Crippen molar-refractivity contribution in [3.05, 3.63) is 23.5 Å². The van der Waals surface area contributed by atoms with E-state index < -0.39 is 5.82 Å². The summed E-state index contributed by atoms with van der Waals surface area (Å²) in [7, 11) is 1.30. The van der Waals surface area contributed by atoms with Gasteiger partial charge >= 0.3 is 0 Å². The van der Waals surface area contributed by atoms with Crippen molar-refractivity contribution in [2.75, 3.05) is 12.4 Å². The number of halogens is 1.